The number of anilines is 1. The van der Waals surface area contributed by atoms with E-state index in [1.165, 1.54) is 18.3 Å². The molecule has 0 aliphatic carbocycles. The first-order valence-corrected chi connectivity index (χ1v) is 9.58. The van der Waals surface area contributed by atoms with Crippen LogP contribution in [0, 0.1) is 0 Å². The molecule has 2 heterocycles. The van der Waals surface area contributed by atoms with Gasteiger partial charge in [0, 0.05) is 19.5 Å². The fraction of sp³-hybridized carbons (Fsp3) is 0.368. The van der Waals surface area contributed by atoms with Crippen molar-refractivity contribution in [3.8, 4) is 0 Å². The molecule has 2 amide bonds. The minimum atomic E-state index is -0.318. The van der Waals surface area contributed by atoms with Gasteiger partial charge >= 0.3 is 0 Å². The summed E-state index contributed by atoms with van der Waals surface area (Å²) in [4.78, 5) is 26.1. The van der Waals surface area contributed by atoms with Crippen molar-refractivity contribution in [3.63, 3.8) is 0 Å². The number of benzene rings is 1. The van der Waals surface area contributed by atoms with Gasteiger partial charge in [-0.3, -0.25) is 9.59 Å². The second kappa shape index (κ2) is 8.23. The fourth-order valence-electron chi connectivity index (χ4n) is 2.99. The first-order chi connectivity index (χ1) is 12.6. The highest BCUT2D eigenvalue weighted by atomic mass is 32.1. The van der Waals surface area contributed by atoms with E-state index in [0.29, 0.717) is 5.13 Å². The minimum Gasteiger partial charge on any atom is -0.311 e. The summed E-state index contributed by atoms with van der Waals surface area (Å²) in [5.74, 6) is -0.268. The maximum absolute atomic E-state index is 12.5. The van der Waals surface area contributed by atoms with E-state index in [1.54, 1.807) is 11.1 Å². The summed E-state index contributed by atoms with van der Waals surface area (Å²) in [6, 6.07) is 7.50. The number of hydrogen-bond donors (Lipinski definition) is 1. The third kappa shape index (κ3) is 4.16. The van der Waals surface area contributed by atoms with Crippen LogP contribution in [0.5, 0.6) is 0 Å². The predicted molar refractivity (Wildman–Crippen MR) is 103 cm³/mol. The second-order valence-corrected chi connectivity index (χ2v) is 7.31. The standard InChI is InChI=1S/C19H22N4O2S/c1-3-4-9-18-21-22-19(26-18)20-17(25)12-16-15-8-6-5-7-14(15)10-11-23(16)13(2)24/h5-8,10-11,16H,3-4,9,12H2,1-2H3,(H,20,22,25). The molecular formula is C19H22N4O2S. The molecule has 3 rings (SSSR count). The Kier molecular flexibility index (Phi) is 5.78. The first kappa shape index (κ1) is 18.3. The fourth-order valence-corrected chi connectivity index (χ4v) is 3.79. The number of carbonyl (C=O) groups is 2. The average Bonchev–Trinajstić information content (AvgIpc) is 3.07. The van der Waals surface area contributed by atoms with Crippen LogP contribution in [-0.4, -0.2) is 26.9 Å². The summed E-state index contributed by atoms with van der Waals surface area (Å²) >= 11 is 1.41. The average molecular weight is 370 g/mol. The van der Waals surface area contributed by atoms with E-state index >= 15 is 0 Å². The molecular weight excluding hydrogens is 348 g/mol. The van der Waals surface area contributed by atoms with Gasteiger partial charge in [0.15, 0.2) is 0 Å². The number of nitrogens with zero attached hydrogens (tertiary/aromatic N) is 3. The minimum absolute atomic E-state index is 0.0914. The smallest absolute Gasteiger partial charge is 0.228 e. The molecule has 136 valence electrons. The normalized spacial score (nSPS) is 15.6. The number of hydrogen-bond acceptors (Lipinski definition) is 5. The van der Waals surface area contributed by atoms with E-state index in [-0.39, 0.29) is 24.3 Å². The molecule has 1 aliphatic rings. The van der Waals surface area contributed by atoms with Crippen LogP contribution >= 0.6 is 11.3 Å². The molecule has 0 radical (unpaired) electrons. The summed E-state index contributed by atoms with van der Waals surface area (Å²) in [7, 11) is 0. The molecule has 1 N–H and O–H groups in total. The molecule has 0 spiro atoms. The summed E-state index contributed by atoms with van der Waals surface area (Å²) in [5, 5.41) is 12.4. The largest absolute Gasteiger partial charge is 0.311 e. The number of nitrogens with one attached hydrogen (secondary N) is 1. The Bertz CT molecular complexity index is 830. The van der Waals surface area contributed by atoms with Crippen molar-refractivity contribution >= 4 is 34.4 Å². The Labute approximate surface area is 156 Å². The zero-order valence-electron chi connectivity index (χ0n) is 14.9. The molecule has 1 unspecified atom stereocenters. The van der Waals surface area contributed by atoms with Crippen molar-refractivity contribution in [2.75, 3.05) is 5.32 Å². The summed E-state index contributed by atoms with van der Waals surface area (Å²) in [6.07, 6.45) is 6.85. The molecule has 0 bridgehead atoms. The molecule has 1 atom stereocenters. The molecule has 7 heteroatoms. The zero-order valence-corrected chi connectivity index (χ0v) is 15.8. The third-order valence-electron chi connectivity index (χ3n) is 4.31. The molecule has 26 heavy (non-hydrogen) atoms. The number of aryl methyl sites for hydroxylation is 1. The van der Waals surface area contributed by atoms with Crippen molar-refractivity contribution in [1.82, 2.24) is 15.1 Å². The van der Waals surface area contributed by atoms with Gasteiger partial charge in [0.2, 0.25) is 16.9 Å². The molecule has 6 nitrogen and oxygen atoms in total. The van der Waals surface area contributed by atoms with E-state index in [1.807, 2.05) is 30.3 Å². The number of aromatic nitrogens is 2. The molecule has 0 fully saturated rings. The number of rotatable bonds is 6. The summed E-state index contributed by atoms with van der Waals surface area (Å²) in [5.41, 5.74) is 2.00. The highest BCUT2D eigenvalue weighted by Gasteiger charge is 2.28. The Morgan fingerprint density at radius 3 is 2.85 bits per heavy atom. The predicted octanol–water partition coefficient (Wildman–Crippen LogP) is 3.78. The van der Waals surface area contributed by atoms with Gasteiger partial charge in [0.1, 0.15) is 5.01 Å². The van der Waals surface area contributed by atoms with Gasteiger partial charge in [0.05, 0.1) is 12.5 Å². The van der Waals surface area contributed by atoms with Gasteiger partial charge in [-0.2, -0.15) is 0 Å². The second-order valence-electron chi connectivity index (χ2n) is 6.24. The lowest BCUT2D eigenvalue weighted by molar-refractivity contribution is -0.129. The highest BCUT2D eigenvalue weighted by Crippen LogP contribution is 2.33. The van der Waals surface area contributed by atoms with E-state index < -0.39 is 0 Å². The molecule has 1 aromatic carbocycles. The maximum Gasteiger partial charge on any atom is 0.228 e. The van der Waals surface area contributed by atoms with Crippen LogP contribution in [0.15, 0.2) is 30.5 Å². The topological polar surface area (TPSA) is 75.2 Å². The molecule has 0 saturated carbocycles. The van der Waals surface area contributed by atoms with E-state index in [9.17, 15) is 9.59 Å². The van der Waals surface area contributed by atoms with Gasteiger partial charge in [0.25, 0.3) is 0 Å². The zero-order chi connectivity index (χ0) is 18.5. The number of amides is 2. The molecule has 1 aromatic heterocycles. The van der Waals surface area contributed by atoms with Crippen LogP contribution in [0.2, 0.25) is 0 Å². The van der Waals surface area contributed by atoms with Crippen molar-refractivity contribution < 1.29 is 9.59 Å². The van der Waals surface area contributed by atoms with Gasteiger partial charge in [-0.1, -0.05) is 48.9 Å². The Balaban J connectivity index is 1.71. The Morgan fingerprint density at radius 2 is 2.08 bits per heavy atom. The van der Waals surface area contributed by atoms with Gasteiger partial charge in [-0.25, -0.2) is 0 Å². The van der Waals surface area contributed by atoms with Crippen LogP contribution in [-0.2, 0) is 16.0 Å². The van der Waals surface area contributed by atoms with Crippen LogP contribution in [0.25, 0.3) is 6.08 Å². The molecule has 1 aliphatic heterocycles. The van der Waals surface area contributed by atoms with Crippen LogP contribution in [0.4, 0.5) is 5.13 Å². The van der Waals surface area contributed by atoms with Crippen LogP contribution in [0.3, 0.4) is 0 Å². The van der Waals surface area contributed by atoms with Crippen LogP contribution < -0.4 is 5.32 Å². The van der Waals surface area contributed by atoms with Crippen molar-refractivity contribution in [2.24, 2.45) is 0 Å². The third-order valence-corrected chi connectivity index (χ3v) is 5.20. The lowest BCUT2D eigenvalue weighted by Crippen LogP contribution is -2.33. The summed E-state index contributed by atoms with van der Waals surface area (Å²) < 4.78 is 0. The quantitative estimate of drug-likeness (QED) is 0.839. The van der Waals surface area contributed by atoms with Crippen molar-refractivity contribution in [1.29, 1.82) is 0 Å². The number of carbonyl (C=O) groups excluding carboxylic acids is 2. The van der Waals surface area contributed by atoms with E-state index in [4.69, 9.17) is 0 Å². The number of fused-ring (bicyclic) bond motifs is 1. The Morgan fingerprint density at radius 1 is 1.27 bits per heavy atom. The van der Waals surface area contributed by atoms with Gasteiger partial charge < -0.3 is 10.2 Å². The number of unbranched alkanes of at least 4 members (excludes halogenated alkanes) is 1. The monoisotopic (exact) mass is 370 g/mol. The highest BCUT2D eigenvalue weighted by molar-refractivity contribution is 7.15. The van der Waals surface area contributed by atoms with Crippen molar-refractivity contribution in [3.05, 3.63) is 46.6 Å². The van der Waals surface area contributed by atoms with E-state index in [0.717, 1.165) is 35.4 Å². The maximum atomic E-state index is 12.5. The lowest BCUT2D eigenvalue weighted by Gasteiger charge is -2.32. The Hall–Kier alpha value is -2.54. The first-order valence-electron chi connectivity index (χ1n) is 8.76. The van der Waals surface area contributed by atoms with Gasteiger partial charge in [-0.05, 0) is 23.6 Å². The van der Waals surface area contributed by atoms with Crippen LogP contribution in [0.1, 0.15) is 55.3 Å². The van der Waals surface area contributed by atoms with E-state index in [2.05, 4.69) is 22.4 Å². The van der Waals surface area contributed by atoms with Crippen molar-refractivity contribution in [2.45, 2.75) is 45.6 Å². The summed E-state index contributed by atoms with van der Waals surface area (Å²) in [6.45, 7) is 3.63. The lowest BCUT2D eigenvalue weighted by atomic mass is 9.93. The SMILES string of the molecule is CCCCc1nnc(NC(=O)CC2c3ccccc3C=CN2C(C)=O)s1. The molecule has 2 aromatic rings. The van der Waals surface area contributed by atoms with Gasteiger partial charge in [-0.15, -0.1) is 10.2 Å². The molecule has 0 saturated heterocycles.